The summed E-state index contributed by atoms with van der Waals surface area (Å²) < 4.78 is 1.47. The summed E-state index contributed by atoms with van der Waals surface area (Å²) in [6, 6.07) is 11.3. The van der Waals surface area contributed by atoms with Crippen LogP contribution in [-0.4, -0.2) is 43.7 Å². The van der Waals surface area contributed by atoms with E-state index in [0.717, 1.165) is 22.3 Å². The summed E-state index contributed by atoms with van der Waals surface area (Å²) in [5.41, 5.74) is 3.50. The average Bonchev–Trinajstić information content (AvgIpc) is 3.11. The van der Waals surface area contributed by atoms with Gasteiger partial charge in [-0.25, -0.2) is 9.98 Å². The standard InChI is InChI=1S/C23H23N7O2/c1-15-14-27-22(26-11-9-18-6-4-5-10-25-18)23(32)29(15)30-20-12-17(13-21(31)24-3)7-8-19(20)16(2)28-30/h4-8,10,12,14H,3,9,11,13H2,1-2H3,(H,26,27). The number of anilines is 1. The van der Waals surface area contributed by atoms with Crippen molar-refractivity contribution in [2.24, 2.45) is 4.99 Å². The van der Waals surface area contributed by atoms with Gasteiger partial charge in [-0.1, -0.05) is 18.2 Å². The molecule has 32 heavy (non-hydrogen) atoms. The fraction of sp³-hybridized carbons (Fsp3) is 0.217. The van der Waals surface area contributed by atoms with Crippen molar-refractivity contribution in [3.63, 3.8) is 0 Å². The van der Waals surface area contributed by atoms with E-state index >= 15 is 0 Å². The van der Waals surface area contributed by atoms with Crippen LogP contribution in [0.25, 0.3) is 10.9 Å². The minimum atomic E-state index is -0.316. The zero-order chi connectivity index (χ0) is 22.7. The van der Waals surface area contributed by atoms with Crippen LogP contribution in [0.1, 0.15) is 22.6 Å². The molecule has 3 heterocycles. The molecule has 4 rings (SSSR count). The van der Waals surface area contributed by atoms with Gasteiger partial charge in [0.1, 0.15) is 0 Å². The van der Waals surface area contributed by atoms with Crippen molar-refractivity contribution in [1.82, 2.24) is 24.5 Å². The highest BCUT2D eigenvalue weighted by Gasteiger charge is 2.16. The highest BCUT2D eigenvalue weighted by atomic mass is 16.1. The van der Waals surface area contributed by atoms with Crippen LogP contribution in [-0.2, 0) is 17.6 Å². The molecule has 0 aliphatic rings. The van der Waals surface area contributed by atoms with Crippen LogP contribution in [0.3, 0.4) is 0 Å². The Morgan fingerprint density at radius 1 is 1.19 bits per heavy atom. The van der Waals surface area contributed by atoms with Crippen molar-refractivity contribution in [3.8, 4) is 0 Å². The van der Waals surface area contributed by atoms with Crippen molar-refractivity contribution in [3.05, 3.63) is 81.8 Å². The Morgan fingerprint density at radius 2 is 2.03 bits per heavy atom. The highest BCUT2D eigenvalue weighted by molar-refractivity contribution is 5.86. The third kappa shape index (κ3) is 4.18. The third-order valence-corrected chi connectivity index (χ3v) is 5.14. The molecule has 0 aliphatic carbocycles. The first-order valence-corrected chi connectivity index (χ1v) is 10.2. The Hall–Kier alpha value is -4.14. The van der Waals surface area contributed by atoms with Crippen molar-refractivity contribution < 1.29 is 4.79 Å². The Morgan fingerprint density at radius 3 is 2.78 bits per heavy atom. The quantitative estimate of drug-likeness (QED) is 0.452. The molecule has 9 heteroatoms. The summed E-state index contributed by atoms with van der Waals surface area (Å²) in [6.07, 6.45) is 4.16. The first-order valence-electron chi connectivity index (χ1n) is 10.2. The smallest absolute Gasteiger partial charge is 0.313 e. The van der Waals surface area contributed by atoms with E-state index in [1.54, 1.807) is 24.1 Å². The van der Waals surface area contributed by atoms with E-state index < -0.39 is 0 Å². The molecule has 162 valence electrons. The lowest BCUT2D eigenvalue weighted by Gasteiger charge is -2.13. The van der Waals surface area contributed by atoms with Gasteiger partial charge in [0.25, 0.3) is 0 Å². The number of nitrogens with zero attached hydrogens (tertiary/aromatic N) is 6. The predicted molar refractivity (Wildman–Crippen MR) is 123 cm³/mol. The third-order valence-electron chi connectivity index (χ3n) is 5.14. The Kier molecular flexibility index (Phi) is 5.89. The normalized spacial score (nSPS) is 10.9. The average molecular weight is 429 g/mol. The minimum absolute atomic E-state index is 0.133. The monoisotopic (exact) mass is 429 g/mol. The number of benzene rings is 1. The van der Waals surface area contributed by atoms with E-state index in [2.05, 4.69) is 32.1 Å². The Bertz CT molecular complexity index is 1360. The molecule has 1 amide bonds. The molecule has 9 nitrogen and oxygen atoms in total. The maximum absolute atomic E-state index is 13.3. The second kappa shape index (κ2) is 8.93. The summed E-state index contributed by atoms with van der Waals surface area (Å²) in [4.78, 5) is 38.6. The van der Waals surface area contributed by atoms with Crippen LogP contribution in [0, 0.1) is 13.8 Å². The molecule has 0 atom stereocenters. The molecular weight excluding hydrogens is 406 g/mol. The van der Waals surface area contributed by atoms with Crippen LogP contribution < -0.4 is 10.9 Å². The first-order chi connectivity index (χ1) is 15.5. The van der Waals surface area contributed by atoms with Crippen molar-refractivity contribution in [1.29, 1.82) is 0 Å². The van der Waals surface area contributed by atoms with Crippen LogP contribution in [0.5, 0.6) is 0 Å². The molecule has 0 bridgehead atoms. The molecule has 3 aromatic heterocycles. The number of nitrogens with one attached hydrogen (secondary N) is 1. The van der Waals surface area contributed by atoms with E-state index in [1.165, 1.54) is 4.68 Å². The summed E-state index contributed by atoms with van der Waals surface area (Å²) in [6.45, 7) is 7.47. The van der Waals surface area contributed by atoms with E-state index in [9.17, 15) is 9.59 Å². The van der Waals surface area contributed by atoms with Gasteiger partial charge in [-0.05, 0) is 44.3 Å². The molecule has 1 aromatic carbocycles. The number of amides is 1. The highest BCUT2D eigenvalue weighted by Crippen LogP contribution is 2.21. The maximum Gasteiger partial charge on any atom is 0.313 e. The largest absolute Gasteiger partial charge is 0.365 e. The minimum Gasteiger partial charge on any atom is -0.365 e. The van der Waals surface area contributed by atoms with Crippen LogP contribution in [0.2, 0.25) is 0 Å². The second-order valence-electron chi connectivity index (χ2n) is 7.42. The van der Waals surface area contributed by atoms with Gasteiger partial charge in [0.05, 0.1) is 29.5 Å². The van der Waals surface area contributed by atoms with Gasteiger partial charge in [0.15, 0.2) is 5.82 Å². The lowest BCUT2D eigenvalue weighted by atomic mass is 10.1. The molecule has 0 aliphatic heterocycles. The number of hydrogen-bond acceptors (Lipinski definition) is 6. The van der Waals surface area contributed by atoms with Crippen molar-refractivity contribution in [2.75, 3.05) is 11.9 Å². The van der Waals surface area contributed by atoms with Crippen molar-refractivity contribution in [2.45, 2.75) is 26.7 Å². The number of pyridine rings is 1. The summed E-state index contributed by atoms with van der Waals surface area (Å²) in [5.74, 6) is -0.0844. The van der Waals surface area contributed by atoms with E-state index in [-0.39, 0.29) is 23.7 Å². The molecule has 0 saturated heterocycles. The summed E-state index contributed by atoms with van der Waals surface area (Å²) in [5, 5.41) is 8.58. The Balaban J connectivity index is 1.70. The number of aliphatic imine (C=N–C) groups is 1. The SMILES string of the molecule is C=NC(=O)Cc1ccc2c(C)nn(-n3c(C)cnc(NCCc4ccccn4)c3=O)c2c1. The number of hydrogen-bond donors (Lipinski definition) is 1. The number of aromatic nitrogens is 5. The fourth-order valence-electron chi connectivity index (χ4n) is 3.53. The predicted octanol–water partition coefficient (Wildman–Crippen LogP) is 2.34. The molecule has 0 unspecified atom stereocenters. The van der Waals surface area contributed by atoms with Gasteiger partial charge < -0.3 is 5.32 Å². The van der Waals surface area contributed by atoms with Gasteiger partial charge >= 0.3 is 5.56 Å². The lowest BCUT2D eigenvalue weighted by Crippen LogP contribution is -2.32. The number of rotatable bonds is 7. The van der Waals surface area contributed by atoms with E-state index in [4.69, 9.17) is 0 Å². The molecule has 4 aromatic rings. The summed E-state index contributed by atoms with van der Waals surface area (Å²) in [7, 11) is 0. The van der Waals surface area contributed by atoms with Crippen LogP contribution in [0.15, 0.2) is 58.6 Å². The summed E-state index contributed by atoms with van der Waals surface area (Å²) >= 11 is 0. The molecular formula is C23H23N7O2. The maximum atomic E-state index is 13.3. The Labute approximate surface area is 184 Å². The lowest BCUT2D eigenvalue weighted by molar-refractivity contribution is -0.117. The van der Waals surface area contributed by atoms with Crippen LogP contribution >= 0.6 is 0 Å². The molecule has 0 spiro atoms. The van der Waals surface area contributed by atoms with E-state index in [0.29, 0.717) is 24.2 Å². The zero-order valence-electron chi connectivity index (χ0n) is 17.9. The topological polar surface area (TPSA) is 107 Å². The van der Waals surface area contributed by atoms with Gasteiger partial charge in [-0.2, -0.15) is 14.6 Å². The molecule has 0 radical (unpaired) electrons. The zero-order valence-corrected chi connectivity index (χ0v) is 17.9. The number of fused-ring (bicyclic) bond motifs is 1. The van der Waals surface area contributed by atoms with Gasteiger partial charge in [0.2, 0.25) is 5.91 Å². The number of carbonyl (C=O) groups is 1. The second-order valence-corrected chi connectivity index (χ2v) is 7.42. The number of carbonyl (C=O) groups excluding carboxylic acids is 1. The van der Waals surface area contributed by atoms with Gasteiger partial charge in [0, 0.05) is 30.2 Å². The van der Waals surface area contributed by atoms with Gasteiger partial charge in [-0.15, -0.1) is 0 Å². The fourth-order valence-corrected chi connectivity index (χ4v) is 3.53. The molecule has 0 saturated carbocycles. The van der Waals surface area contributed by atoms with Crippen LogP contribution in [0.4, 0.5) is 5.82 Å². The molecule has 0 fully saturated rings. The van der Waals surface area contributed by atoms with Gasteiger partial charge in [-0.3, -0.25) is 14.6 Å². The first kappa shape index (κ1) is 21.1. The van der Waals surface area contributed by atoms with E-state index in [1.807, 2.05) is 43.3 Å². The van der Waals surface area contributed by atoms with Crippen molar-refractivity contribution >= 4 is 29.3 Å². The molecule has 1 N–H and O–H groups in total. The number of aryl methyl sites for hydroxylation is 2.